The van der Waals surface area contributed by atoms with E-state index in [0.29, 0.717) is 10.7 Å². The van der Waals surface area contributed by atoms with Gasteiger partial charge in [0.1, 0.15) is 0 Å². The number of rotatable bonds is 1. The van der Waals surface area contributed by atoms with Crippen LogP contribution in [0.3, 0.4) is 0 Å². The molecule has 2 N–H and O–H groups in total. The second-order valence-electron chi connectivity index (χ2n) is 4.09. The van der Waals surface area contributed by atoms with Crippen LogP contribution in [0.1, 0.15) is 0 Å². The lowest BCUT2D eigenvalue weighted by Gasteiger charge is -2.11. The smallest absolute Gasteiger partial charge is 0.0709 e. The molecule has 0 atom stereocenters. The van der Waals surface area contributed by atoms with E-state index in [4.69, 9.17) is 17.3 Å². The number of benzene rings is 2. The maximum absolute atomic E-state index is 6.26. The Labute approximate surface area is 110 Å². The average Bonchev–Trinajstić information content (AvgIpc) is 2.40. The molecule has 0 unspecified atom stereocenters. The fraction of sp³-hybridized carbons (Fsp3) is 0. The molecule has 1 aromatic heterocycles. The molecule has 18 heavy (non-hydrogen) atoms. The van der Waals surface area contributed by atoms with Crippen molar-refractivity contribution < 1.29 is 0 Å². The van der Waals surface area contributed by atoms with Crippen LogP contribution in [0.4, 0.5) is 5.69 Å². The van der Waals surface area contributed by atoms with E-state index >= 15 is 0 Å². The van der Waals surface area contributed by atoms with Gasteiger partial charge in [0.2, 0.25) is 0 Å². The summed E-state index contributed by atoms with van der Waals surface area (Å²) in [6.45, 7) is 0. The molecule has 0 saturated heterocycles. The largest absolute Gasteiger partial charge is 0.397 e. The van der Waals surface area contributed by atoms with Crippen LogP contribution in [0.2, 0.25) is 5.02 Å². The van der Waals surface area contributed by atoms with Crippen molar-refractivity contribution in [1.82, 2.24) is 4.98 Å². The van der Waals surface area contributed by atoms with Gasteiger partial charge in [0, 0.05) is 21.5 Å². The van der Waals surface area contributed by atoms with Crippen molar-refractivity contribution in [2.45, 2.75) is 0 Å². The van der Waals surface area contributed by atoms with Crippen molar-refractivity contribution in [3.63, 3.8) is 0 Å². The highest BCUT2D eigenvalue weighted by Gasteiger charge is 2.11. The summed E-state index contributed by atoms with van der Waals surface area (Å²) in [5, 5.41) is 1.71. The average molecular weight is 255 g/mol. The third-order valence-corrected chi connectivity index (χ3v) is 3.28. The SMILES string of the molecule is Nc1cnc2ccccc2c1-c1ccccc1Cl. The van der Waals surface area contributed by atoms with Crippen LogP contribution in [-0.4, -0.2) is 4.98 Å². The Balaban J connectivity index is 2.42. The number of pyridine rings is 1. The summed E-state index contributed by atoms with van der Waals surface area (Å²) in [6.07, 6.45) is 1.68. The van der Waals surface area contributed by atoms with Crippen LogP contribution in [0.25, 0.3) is 22.0 Å². The van der Waals surface area contributed by atoms with Crippen LogP contribution in [-0.2, 0) is 0 Å². The number of halogens is 1. The van der Waals surface area contributed by atoms with E-state index in [1.165, 1.54) is 0 Å². The van der Waals surface area contributed by atoms with E-state index in [9.17, 15) is 0 Å². The lowest BCUT2D eigenvalue weighted by molar-refractivity contribution is 1.41. The molecule has 2 aromatic carbocycles. The first-order valence-electron chi connectivity index (χ1n) is 5.65. The Morgan fingerprint density at radius 3 is 2.50 bits per heavy atom. The molecule has 3 aromatic rings. The molecule has 0 radical (unpaired) electrons. The Kier molecular flexibility index (Phi) is 2.65. The molecule has 3 heteroatoms. The fourth-order valence-electron chi connectivity index (χ4n) is 2.12. The predicted molar refractivity (Wildman–Crippen MR) is 76.6 cm³/mol. The van der Waals surface area contributed by atoms with Crippen LogP contribution in [0.5, 0.6) is 0 Å². The molecule has 3 rings (SSSR count). The minimum atomic E-state index is 0.641. The molecule has 2 nitrogen and oxygen atoms in total. The number of anilines is 1. The number of nitrogen functional groups attached to an aromatic ring is 1. The number of hydrogen-bond donors (Lipinski definition) is 1. The molecular formula is C15H11ClN2. The predicted octanol–water partition coefficient (Wildman–Crippen LogP) is 4.14. The normalized spacial score (nSPS) is 10.7. The highest BCUT2D eigenvalue weighted by Crippen LogP contribution is 2.36. The van der Waals surface area contributed by atoms with E-state index in [2.05, 4.69) is 4.98 Å². The summed E-state index contributed by atoms with van der Waals surface area (Å²) in [5.74, 6) is 0. The molecule has 0 aliphatic rings. The number of aromatic nitrogens is 1. The molecule has 0 spiro atoms. The van der Waals surface area contributed by atoms with Crippen LogP contribution in [0, 0.1) is 0 Å². The first-order valence-corrected chi connectivity index (χ1v) is 6.03. The molecule has 0 fully saturated rings. The Morgan fingerprint density at radius 2 is 1.67 bits per heavy atom. The molecule has 88 valence electrons. The topological polar surface area (TPSA) is 38.9 Å². The van der Waals surface area contributed by atoms with Gasteiger partial charge < -0.3 is 5.73 Å². The number of hydrogen-bond acceptors (Lipinski definition) is 2. The summed E-state index contributed by atoms with van der Waals surface area (Å²) in [4.78, 5) is 4.33. The maximum Gasteiger partial charge on any atom is 0.0709 e. The van der Waals surface area contributed by atoms with Gasteiger partial charge in [-0.3, -0.25) is 4.98 Å². The summed E-state index contributed by atoms with van der Waals surface area (Å²) >= 11 is 6.26. The van der Waals surface area contributed by atoms with Crippen LogP contribution in [0.15, 0.2) is 54.7 Å². The van der Waals surface area contributed by atoms with Crippen molar-refractivity contribution in [3.05, 3.63) is 59.8 Å². The van der Waals surface area contributed by atoms with E-state index in [0.717, 1.165) is 22.0 Å². The van der Waals surface area contributed by atoms with E-state index < -0.39 is 0 Å². The second kappa shape index (κ2) is 4.31. The summed E-state index contributed by atoms with van der Waals surface area (Å²) in [7, 11) is 0. The van der Waals surface area contributed by atoms with Gasteiger partial charge in [-0.15, -0.1) is 0 Å². The van der Waals surface area contributed by atoms with Gasteiger partial charge in [0.25, 0.3) is 0 Å². The minimum Gasteiger partial charge on any atom is -0.397 e. The molecule has 0 saturated carbocycles. The van der Waals surface area contributed by atoms with Crippen molar-refractivity contribution >= 4 is 28.2 Å². The molecule has 0 amide bonds. The summed E-state index contributed by atoms with van der Waals surface area (Å²) < 4.78 is 0. The Bertz CT molecular complexity index is 723. The van der Waals surface area contributed by atoms with Gasteiger partial charge in [-0.25, -0.2) is 0 Å². The zero-order chi connectivity index (χ0) is 12.5. The second-order valence-corrected chi connectivity index (χ2v) is 4.49. The molecule has 1 heterocycles. The molecular weight excluding hydrogens is 244 g/mol. The molecule has 0 bridgehead atoms. The van der Waals surface area contributed by atoms with Crippen LogP contribution >= 0.6 is 11.6 Å². The van der Waals surface area contributed by atoms with Crippen molar-refractivity contribution in [1.29, 1.82) is 0 Å². The van der Waals surface area contributed by atoms with Crippen molar-refractivity contribution in [2.24, 2.45) is 0 Å². The van der Waals surface area contributed by atoms with Crippen LogP contribution < -0.4 is 5.73 Å². The monoisotopic (exact) mass is 254 g/mol. The summed E-state index contributed by atoms with van der Waals surface area (Å²) in [6, 6.07) is 15.6. The van der Waals surface area contributed by atoms with E-state index in [1.54, 1.807) is 6.20 Å². The quantitative estimate of drug-likeness (QED) is 0.709. The first-order chi connectivity index (χ1) is 8.77. The van der Waals surface area contributed by atoms with Gasteiger partial charge in [-0.05, 0) is 12.1 Å². The number of para-hydroxylation sites is 1. The van der Waals surface area contributed by atoms with E-state index in [1.807, 2.05) is 48.5 Å². The first kappa shape index (κ1) is 11.1. The zero-order valence-corrected chi connectivity index (χ0v) is 10.4. The van der Waals surface area contributed by atoms with Crippen molar-refractivity contribution in [2.75, 3.05) is 5.73 Å². The molecule has 0 aliphatic heterocycles. The Hall–Kier alpha value is -2.06. The number of nitrogens with zero attached hydrogens (tertiary/aromatic N) is 1. The van der Waals surface area contributed by atoms with Gasteiger partial charge in [-0.1, -0.05) is 48.0 Å². The standard InChI is InChI=1S/C15H11ClN2/c16-12-7-3-1-5-10(12)15-11-6-2-4-8-14(11)18-9-13(15)17/h1-9H,17H2. The fourth-order valence-corrected chi connectivity index (χ4v) is 2.35. The van der Waals surface area contributed by atoms with Gasteiger partial charge >= 0.3 is 0 Å². The Morgan fingerprint density at radius 1 is 0.944 bits per heavy atom. The lowest BCUT2D eigenvalue weighted by atomic mass is 10.00. The third-order valence-electron chi connectivity index (χ3n) is 2.95. The number of fused-ring (bicyclic) bond motifs is 1. The molecule has 0 aliphatic carbocycles. The minimum absolute atomic E-state index is 0.641. The lowest BCUT2D eigenvalue weighted by Crippen LogP contribution is -1.94. The number of nitrogens with two attached hydrogens (primary N) is 1. The van der Waals surface area contributed by atoms with Gasteiger partial charge in [0.05, 0.1) is 17.4 Å². The van der Waals surface area contributed by atoms with Crippen molar-refractivity contribution in [3.8, 4) is 11.1 Å². The third kappa shape index (κ3) is 1.71. The highest BCUT2D eigenvalue weighted by atomic mass is 35.5. The van der Waals surface area contributed by atoms with Gasteiger partial charge in [0.15, 0.2) is 0 Å². The summed E-state index contributed by atoms with van der Waals surface area (Å²) in [5.41, 5.74) is 9.52. The van der Waals surface area contributed by atoms with E-state index in [-0.39, 0.29) is 0 Å². The highest BCUT2D eigenvalue weighted by molar-refractivity contribution is 6.34. The zero-order valence-electron chi connectivity index (χ0n) is 9.60. The van der Waals surface area contributed by atoms with Gasteiger partial charge in [-0.2, -0.15) is 0 Å². The maximum atomic E-state index is 6.26.